The second kappa shape index (κ2) is 14.0. The Morgan fingerprint density at radius 3 is 2.14 bits per heavy atom. The average Bonchev–Trinajstić information content (AvgIpc) is 2.71. The first kappa shape index (κ1) is 33.1. The van der Waals surface area contributed by atoms with Crippen LogP contribution < -0.4 is 10.6 Å². The minimum atomic E-state index is -2.38. The maximum absolute atomic E-state index is 13.0. The van der Waals surface area contributed by atoms with Gasteiger partial charge < -0.3 is 24.5 Å². The summed E-state index contributed by atoms with van der Waals surface area (Å²) in [5.74, 6) is -3.00. The lowest BCUT2D eigenvalue weighted by atomic mass is 10.1. The van der Waals surface area contributed by atoms with Crippen molar-refractivity contribution in [2.75, 3.05) is 13.2 Å². The number of azide groups is 1. The van der Waals surface area contributed by atoms with Gasteiger partial charge in [0.1, 0.15) is 30.8 Å². The summed E-state index contributed by atoms with van der Waals surface area (Å²) in [6.07, 6.45) is 0.0536. The van der Waals surface area contributed by atoms with Crippen molar-refractivity contribution < 1.29 is 33.1 Å². The van der Waals surface area contributed by atoms with Gasteiger partial charge in [0.25, 0.3) is 0 Å². The van der Waals surface area contributed by atoms with E-state index in [0.29, 0.717) is 0 Å². The summed E-state index contributed by atoms with van der Waals surface area (Å²) >= 11 is 0. The van der Waals surface area contributed by atoms with Gasteiger partial charge >= 0.3 is 11.9 Å². The fraction of sp³-hybridized carbons (Fsp3) is 0.739. The molecule has 0 aromatic rings. The van der Waals surface area contributed by atoms with Crippen LogP contribution in [0.2, 0.25) is 18.1 Å². The van der Waals surface area contributed by atoms with Gasteiger partial charge in [-0.2, -0.15) is 0 Å². The van der Waals surface area contributed by atoms with Crippen LogP contribution in [0, 0.1) is 0 Å². The highest BCUT2D eigenvalue weighted by atomic mass is 28.4. The molecule has 0 bridgehead atoms. The van der Waals surface area contributed by atoms with Gasteiger partial charge in [-0.25, -0.2) is 0 Å². The van der Waals surface area contributed by atoms with E-state index in [-0.39, 0.29) is 11.6 Å². The van der Waals surface area contributed by atoms with Crippen LogP contribution in [0.4, 0.5) is 0 Å². The van der Waals surface area contributed by atoms with Crippen molar-refractivity contribution in [2.24, 2.45) is 5.11 Å². The van der Waals surface area contributed by atoms with E-state index < -0.39 is 68.8 Å². The molecule has 0 aromatic carbocycles. The molecule has 0 heterocycles. The number of ether oxygens (including phenoxy) is 2. The molecule has 2 N–H and O–H groups in total. The van der Waals surface area contributed by atoms with Gasteiger partial charge in [-0.15, -0.1) is 0 Å². The van der Waals surface area contributed by atoms with Crippen molar-refractivity contribution in [3.8, 4) is 0 Å². The monoisotopic (exact) mass is 527 g/mol. The third kappa shape index (κ3) is 12.2. The standard InChI is InChI=1S/C23H41N5O7Si/c1-11-12-33-18(30)14-25-21(32)19(15(2)35-36(9,10)23(6,7)8)26-20(31)16(27-28-24)13-17(29)34-22(3,4)5/h11,15-16,19H,1,12-14H2,2-10H3,(H,25,32)(H,26,31)/t15-,16?,19+/m1/s1. The number of carbonyl (C=O) groups is 4. The van der Waals surface area contributed by atoms with E-state index in [1.54, 1.807) is 27.7 Å². The normalized spacial score (nSPS) is 14.4. The zero-order chi connectivity index (χ0) is 28.3. The lowest BCUT2D eigenvalue weighted by Crippen LogP contribution is -2.58. The lowest BCUT2D eigenvalue weighted by molar-refractivity contribution is -0.156. The molecule has 0 saturated carbocycles. The van der Waals surface area contributed by atoms with Gasteiger partial charge in [0.2, 0.25) is 11.8 Å². The Morgan fingerprint density at radius 1 is 1.08 bits per heavy atom. The highest BCUT2D eigenvalue weighted by Gasteiger charge is 2.41. The molecule has 2 amide bonds. The summed E-state index contributed by atoms with van der Waals surface area (Å²) in [4.78, 5) is 52.7. The first-order chi connectivity index (χ1) is 16.3. The number of nitrogens with one attached hydrogen (secondary N) is 2. The van der Waals surface area contributed by atoms with E-state index in [0.717, 1.165) is 0 Å². The summed E-state index contributed by atoms with van der Waals surface area (Å²) < 4.78 is 16.3. The Kier molecular flexibility index (Phi) is 12.9. The zero-order valence-electron chi connectivity index (χ0n) is 22.8. The molecule has 0 aromatic heterocycles. The van der Waals surface area contributed by atoms with E-state index in [2.05, 4.69) is 27.2 Å². The van der Waals surface area contributed by atoms with Crippen molar-refractivity contribution in [1.82, 2.24) is 10.6 Å². The van der Waals surface area contributed by atoms with Crippen LogP contribution in [0.3, 0.4) is 0 Å². The Labute approximate surface area is 214 Å². The molecule has 1 unspecified atom stereocenters. The maximum atomic E-state index is 13.0. The Morgan fingerprint density at radius 2 is 1.67 bits per heavy atom. The lowest BCUT2D eigenvalue weighted by Gasteiger charge is -2.40. The van der Waals surface area contributed by atoms with Crippen LogP contribution in [0.15, 0.2) is 17.8 Å². The highest BCUT2D eigenvalue weighted by molar-refractivity contribution is 6.74. The number of carbonyl (C=O) groups excluding carboxylic acids is 4. The van der Waals surface area contributed by atoms with Crippen molar-refractivity contribution in [2.45, 2.75) is 96.8 Å². The van der Waals surface area contributed by atoms with Crippen molar-refractivity contribution in [3.05, 3.63) is 23.1 Å². The summed E-state index contributed by atoms with van der Waals surface area (Å²) in [7, 11) is -2.38. The predicted molar refractivity (Wildman–Crippen MR) is 137 cm³/mol. The van der Waals surface area contributed by atoms with Crippen LogP contribution in [0.1, 0.15) is 54.9 Å². The summed E-state index contributed by atoms with van der Waals surface area (Å²) in [6, 6.07) is -2.72. The average molecular weight is 528 g/mol. The van der Waals surface area contributed by atoms with Gasteiger partial charge in [0, 0.05) is 4.91 Å². The molecule has 0 aliphatic heterocycles. The third-order valence-corrected chi connectivity index (χ3v) is 9.95. The molecule has 12 nitrogen and oxygen atoms in total. The van der Waals surface area contributed by atoms with Crippen LogP contribution in [-0.2, 0) is 33.1 Å². The molecular formula is C23H41N5O7Si. The highest BCUT2D eigenvalue weighted by Crippen LogP contribution is 2.37. The van der Waals surface area contributed by atoms with Crippen molar-refractivity contribution >= 4 is 32.1 Å². The van der Waals surface area contributed by atoms with Crippen LogP contribution in [0.25, 0.3) is 10.4 Å². The fourth-order valence-electron chi connectivity index (χ4n) is 2.62. The molecule has 0 aliphatic rings. The van der Waals surface area contributed by atoms with Gasteiger partial charge in [-0.3, -0.25) is 19.2 Å². The fourth-order valence-corrected chi connectivity index (χ4v) is 4.04. The second-order valence-electron chi connectivity index (χ2n) is 10.8. The first-order valence-electron chi connectivity index (χ1n) is 11.6. The summed E-state index contributed by atoms with van der Waals surface area (Å²) in [5, 5.41) is 8.16. The molecule has 0 fully saturated rings. The number of esters is 2. The first-order valence-corrected chi connectivity index (χ1v) is 14.5. The molecule has 0 saturated heterocycles. The number of rotatable bonds is 13. The predicted octanol–water partition coefficient (Wildman–Crippen LogP) is 3.14. The maximum Gasteiger partial charge on any atom is 0.325 e. The van der Waals surface area contributed by atoms with Gasteiger partial charge in [0.15, 0.2) is 8.32 Å². The zero-order valence-corrected chi connectivity index (χ0v) is 23.8. The van der Waals surface area contributed by atoms with Gasteiger partial charge in [-0.1, -0.05) is 38.5 Å². The molecule has 3 atom stereocenters. The number of hydrogen-bond donors (Lipinski definition) is 2. The molecule has 0 rings (SSSR count). The van der Waals surface area contributed by atoms with Gasteiger partial charge in [0.05, 0.1) is 12.5 Å². The third-order valence-electron chi connectivity index (χ3n) is 5.38. The van der Waals surface area contributed by atoms with Crippen LogP contribution in [-0.4, -0.2) is 69.0 Å². The molecule has 204 valence electrons. The van der Waals surface area contributed by atoms with E-state index in [1.807, 2.05) is 33.9 Å². The molecule has 0 aliphatic carbocycles. The molecular weight excluding hydrogens is 486 g/mol. The molecule has 13 heteroatoms. The molecule has 0 radical (unpaired) electrons. The molecule has 36 heavy (non-hydrogen) atoms. The quantitative estimate of drug-likeness (QED) is 0.0925. The van der Waals surface area contributed by atoms with E-state index in [9.17, 15) is 19.2 Å². The minimum Gasteiger partial charge on any atom is -0.460 e. The Balaban J connectivity index is 5.79. The number of amides is 2. The number of hydrogen-bond acceptors (Lipinski definition) is 8. The van der Waals surface area contributed by atoms with Crippen LogP contribution in [0.5, 0.6) is 0 Å². The van der Waals surface area contributed by atoms with Crippen molar-refractivity contribution in [1.29, 1.82) is 0 Å². The van der Waals surface area contributed by atoms with Crippen LogP contribution >= 0.6 is 0 Å². The summed E-state index contributed by atoms with van der Waals surface area (Å²) in [6.45, 7) is 19.6. The smallest absolute Gasteiger partial charge is 0.325 e. The summed E-state index contributed by atoms with van der Waals surface area (Å²) in [5.41, 5.74) is 8.11. The topological polar surface area (TPSA) is 169 Å². The van der Waals surface area contributed by atoms with Gasteiger partial charge in [-0.05, 0) is 51.4 Å². The Bertz CT molecular complexity index is 858. The Hall–Kier alpha value is -2.89. The minimum absolute atomic E-state index is 0.0156. The second-order valence-corrected chi connectivity index (χ2v) is 15.5. The van der Waals surface area contributed by atoms with E-state index >= 15 is 0 Å². The SMILES string of the molecule is C=CCOC(=O)CNC(=O)[C@@H](NC(=O)C(CC(=O)OC(C)(C)C)N=[N+]=[N-])[C@@H](C)O[Si](C)(C)C(C)(C)C. The van der Waals surface area contributed by atoms with Crippen molar-refractivity contribution in [3.63, 3.8) is 0 Å². The number of nitrogens with zero attached hydrogens (tertiary/aromatic N) is 3. The van der Waals surface area contributed by atoms with E-state index in [4.69, 9.17) is 19.4 Å². The molecule has 0 spiro atoms. The largest absolute Gasteiger partial charge is 0.460 e. The van der Waals surface area contributed by atoms with E-state index in [1.165, 1.54) is 6.08 Å².